The number of allylic oxidation sites excluding steroid dienone is 4. The van der Waals surface area contributed by atoms with Crippen molar-refractivity contribution < 1.29 is 0 Å². The van der Waals surface area contributed by atoms with E-state index < -0.39 is 0 Å². The molecule has 0 aromatic rings. The van der Waals surface area contributed by atoms with E-state index in [0.717, 1.165) is 0 Å². The van der Waals surface area contributed by atoms with Crippen molar-refractivity contribution in [2.45, 2.75) is 47.5 Å². The Balaban J connectivity index is 0. The molecule has 0 unspecified atom stereocenters. The topological polar surface area (TPSA) is 0 Å². The van der Waals surface area contributed by atoms with Crippen LogP contribution >= 0.6 is 0 Å². The Morgan fingerprint density at radius 1 is 1.09 bits per heavy atom. The molecule has 0 heterocycles. The lowest BCUT2D eigenvalue weighted by Gasteiger charge is -1.98. The lowest BCUT2D eigenvalue weighted by Crippen LogP contribution is -1.78. The van der Waals surface area contributed by atoms with Gasteiger partial charge in [-0.15, -0.1) is 0 Å². The normalized spacial score (nSPS) is 13.4. The third-order valence-corrected chi connectivity index (χ3v) is 1.22. The minimum atomic E-state index is 1.24. The molecule has 11 heavy (non-hydrogen) atoms. The first kappa shape index (κ1) is 13.1. The standard InChI is InChI=1S/C7H10.2C2H6/c1-7-5-3-2-4-6-7;2*1-2/h2-3,5H,4,6H2,1H3;2*1-2H3. The molecule has 0 amide bonds. The average molecular weight is 154 g/mol. The van der Waals surface area contributed by atoms with Gasteiger partial charge in [-0.05, 0) is 19.8 Å². The molecule has 0 aromatic heterocycles. The Morgan fingerprint density at radius 3 is 1.82 bits per heavy atom. The molecule has 0 N–H and O–H groups in total. The van der Waals surface area contributed by atoms with Gasteiger partial charge in [0.05, 0.1) is 0 Å². The van der Waals surface area contributed by atoms with Gasteiger partial charge >= 0.3 is 0 Å². The monoisotopic (exact) mass is 154 g/mol. The molecule has 0 saturated heterocycles. The summed E-state index contributed by atoms with van der Waals surface area (Å²) in [5.41, 5.74) is 1.50. The zero-order valence-corrected chi connectivity index (χ0v) is 8.65. The Kier molecular flexibility index (Phi) is 14.5. The van der Waals surface area contributed by atoms with E-state index in [2.05, 4.69) is 25.2 Å². The quantitative estimate of drug-likeness (QED) is 0.487. The van der Waals surface area contributed by atoms with E-state index in [-0.39, 0.29) is 0 Å². The molecule has 0 aliphatic heterocycles. The molecule has 0 heteroatoms. The molecular weight excluding hydrogens is 132 g/mol. The largest absolute Gasteiger partial charge is 0.0842 e. The third-order valence-electron chi connectivity index (χ3n) is 1.22. The molecule has 0 aromatic carbocycles. The summed E-state index contributed by atoms with van der Waals surface area (Å²) < 4.78 is 0. The summed E-state index contributed by atoms with van der Waals surface area (Å²) in [5.74, 6) is 0. The van der Waals surface area contributed by atoms with Crippen molar-refractivity contribution in [2.75, 3.05) is 0 Å². The lowest BCUT2D eigenvalue weighted by atomic mass is 10.1. The molecule has 0 bridgehead atoms. The van der Waals surface area contributed by atoms with Crippen LogP contribution in [-0.4, -0.2) is 0 Å². The van der Waals surface area contributed by atoms with Gasteiger partial charge < -0.3 is 0 Å². The van der Waals surface area contributed by atoms with Crippen molar-refractivity contribution in [1.29, 1.82) is 0 Å². The minimum Gasteiger partial charge on any atom is -0.0842 e. The molecule has 0 spiro atoms. The highest BCUT2D eigenvalue weighted by Crippen LogP contribution is 2.08. The fourth-order valence-electron chi connectivity index (χ4n) is 0.723. The van der Waals surface area contributed by atoms with Gasteiger partial charge in [0.15, 0.2) is 0 Å². The maximum Gasteiger partial charge on any atom is -0.0285 e. The zero-order chi connectivity index (χ0) is 9.11. The number of hydrogen-bond acceptors (Lipinski definition) is 0. The van der Waals surface area contributed by atoms with E-state index >= 15 is 0 Å². The molecule has 0 atom stereocenters. The fraction of sp³-hybridized carbons (Fsp3) is 0.636. The fourth-order valence-corrected chi connectivity index (χ4v) is 0.723. The molecule has 66 valence electrons. The molecule has 1 rings (SSSR count). The molecule has 1 aliphatic carbocycles. The Labute approximate surface area is 72.0 Å². The summed E-state index contributed by atoms with van der Waals surface area (Å²) in [6.07, 6.45) is 8.99. The van der Waals surface area contributed by atoms with E-state index in [1.165, 1.54) is 18.4 Å². The number of hydrogen-bond donors (Lipinski definition) is 0. The molecule has 0 saturated carbocycles. The first-order valence-electron chi connectivity index (χ1n) is 4.72. The van der Waals surface area contributed by atoms with Crippen LogP contribution in [0.15, 0.2) is 23.8 Å². The van der Waals surface area contributed by atoms with Crippen molar-refractivity contribution in [3.63, 3.8) is 0 Å². The van der Waals surface area contributed by atoms with Gasteiger partial charge in [0.1, 0.15) is 0 Å². The highest BCUT2D eigenvalue weighted by Gasteiger charge is 1.88. The average Bonchev–Trinajstić information content (AvgIpc) is 2.13. The van der Waals surface area contributed by atoms with Crippen LogP contribution in [0.2, 0.25) is 0 Å². The van der Waals surface area contributed by atoms with Crippen molar-refractivity contribution >= 4 is 0 Å². The van der Waals surface area contributed by atoms with E-state index in [9.17, 15) is 0 Å². The summed E-state index contributed by atoms with van der Waals surface area (Å²) in [5, 5.41) is 0. The minimum absolute atomic E-state index is 1.24. The summed E-state index contributed by atoms with van der Waals surface area (Å²) in [6.45, 7) is 10.2. The van der Waals surface area contributed by atoms with Gasteiger partial charge in [-0.3, -0.25) is 0 Å². The van der Waals surface area contributed by atoms with Crippen LogP contribution in [0.1, 0.15) is 47.5 Å². The maximum absolute atomic E-state index is 2.20. The SMILES string of the molecule is CC.CC.CC1=CC=CCC1. The van der Waals surface area contributed by atoms with Crippen LogP contribution in [-0.2, 0) is 0 Å². The van der Waals surface area contributed by atoms with Crippen LogP contribution in [0, 0.1) is 0 Å². The lowest BCUT2D eigenvalue weighted by molar-refractivity contribution is 0.962. The molecule has 1 aliphatic rings. The highest BCUT2D eigenvalue weighted by molar-refractivity contribution is 5.15. The van der Waals surface area contributed by atoms with Gasteiger partial charge in [-0.2, -0.15) is 0 Å². The zero-order valence-electron chi connectivity index (χ0n) is 8.65. The highest BCUT2D eigenvalue weighted by atomic mass is 13.9. The second kappa shape index (κ2) is 12.2. The van der Waals surface area contributed by atoms with Gasteiger partial charge in [-0.1, -0.05) is 51.5 Å². The predicted octanol–water partition coefficient (Wildman–Crippen LogP) is 4.34. The predicted molar refractivity (Wildman–Crippen MR) is 54.8 cm³/mol. The van der Waals surface area contributed by atoms with Gasteiger partial charge in [0, 0.05) is 0 Å². The second-order valence-electron chi connectivity index (χ2n) is 1.98. The molecule has 0 nitrogen and oxygen atoms in total. The van der Waals surface area contributed by atoms with Crippen LogP contribution in [0.3, 0.4) is 0 Å². The first-order valence-corrected chi connectivity index (χ1v) is 4.72. The van der Waals surface area contributed by atoms with E-state index in [0.29, 0.717) is 0 Å². The van der Waals surface area contributed by atoms with Crippen LogP contribution < -0.4 is 0 Å². The molecule has 0 fully saturated rings. The maximum atomic E-state index is 2.20. The summed E-state index contributed by atoms with van der Waals surface area (Å²) in [4.78, 5) is 0. The van der Waals surface area contributed by atoms with Crippen LogP contribution in [0.25, 0.3) is 0 Å². The van der Waals surface area contributed by atoms with Gasteiger partial charge in [-0.25, -0.2) is 0 Å². The Hall–Kier alpha value is -0.520. The second-order valence-corrected chi connectivity index (χ2v) is 1.98. The van der Waals surface area contributed by atoms with Crippen LogP contribution in [0.4, 0.5) is 0 Å². The van der Waals surface area contributed by atoms with Crippen molar-refractivity contribution in [3.05, 3.63) is 23.8 Å². The van der Waals surface area contributed by atoms with Crippen molar-refractivity contribution in [2.24, 2.45) is 0 Å². The van der Waals surface area contributed by atoms with E-state index in [4.69, 9.17) is 0 Å². The van der Waals surface area contributed by atoms with Gasteiger partial charge in [0.2, 0.25) is 0 Å². The summed E-state index contributed by atoms with van der Waals surface area (Å²) >= 11 is 0. The van der Waals surface area contributed by atoms with Crippen LogP contribution in [0.5, 0.6) is 0 Å². The van der Waals surface area contributed by atoms with Crippen molar-refractivity contribution in [1.82, 2.24) is 0 Å². The van der Waals surface area contributed by atoms with Crippen molar-refractivity contribution in [3.8, 4) is 0 Å². The summed E-state index contributed by atoms with van der Waals surface area (Å²) in [6, 6.07) is 0. The molecule has 0 radical (unpaired) electrons. The Morgan fingerprint density at radius 2 is 1.64 bits per heavy atom. The first-order chi connectivity index (χ1) is 5.39. The smallest absolute Gasteiger partial charge is 0.0285 e. The number of rotatable bonds is 0. The Bertz CT molecular complexity index is 107. The molecular formula is C11H22. The summed E-state index contributed by atoms with van der Waals surface area (Å²) in [7, 11) is 0. The third kappa shape index (κ3) is 9.48. The van der Waals surface area contributed by atoms with E-state index in [1.807, 2.05) is 27.7 Å². The van der Waals surface area contributed by atoms with E-state index in [1.54, 1.807) is 0 Å². The van der Waals surface area contributed by atoms with Gasteiger partial charge in [0.25, 0.3) is 0 Å².